The van der Waals surface area contributed by atoms with Gasteiger partial charge < -0.3 is 5.11 Å². The van der Waals surface area contributed by atoms with Crippen LogP contribution in [-0.2, 0) is 12.1 Å². The van der Waals surface area contributed by atoms with E-state index in [4.69, 9.17) is 0 Å². The second-order valence-corrected chi connectivity index (χ2v) is 6.71. The van der Waals surface area contributed by atoms with Gasteiger partial charge in [0.1, 0.15) is 5.60 Å². The number of hydrogen-bond donors (Lipinski definition) is 1. The molecule has 0 atom stereocenters. The van der Waals surface area contributed by atoms with Crippen molar-refractivity contribution in [3.05, 3.63) is 65.7 Å². The Labute approximate surface area is 141 Å². The molecule has 3 aromatic heterocycles. The lowest BCUT2D eigenvalue weighted by Crippen LogP contribution is -2.42. The van der Waals surface area contributed by atoms with Gasteiger partial charge in [0, 0.05) is 32.0 Å². The number of aryl methyl sites for hydroxylation is 1. The maximum atomic E-state index is 10.9. The minimum atomic E-state index is -0.804. The zero-order valence-corrected chi connectivity index (χ0v) is 13.9. The summed E-state index contributed by atoms with van der Waals surface area (Å²) in [5, 5.41) is 15.3. The van der Waals surface area contributed by atoms with Crippen LogP contribution in [0.5, 0.6) is 0 Å². The first-order chi connectivity index (χ1) is 11.6. The molecule has 124 valence electrons. The van der Waals surface area contributed by atoms with E-state index in [0.29, 0.717) is 12.8 Å². The van der Waals surface area contributed by atoms with Crippen molar-refractivity contribution in [1.82, 2.24) is 19.5 Å². The van der Waals surface area contributed by atoms with Crippen LogP contribution < -0.4 is 0 Å². The molecule has 0 bridgehead atoms. The summed E-state index contributed by atoms with van der Waals surface area (Å²) in [5.41, 5.74) is 3.40. The molecule has 0 unspecified atom stereocenters. The number of piperidine rings is 1. The van der Waals surface area contributed by atoms with E-state index in [0.717, 1.165) is 36.4 Å². The van der Waals surface area contributed by atoms with E-state index in [9.17, 15) is 5.11 Å². The maximum Gasteiger partial charge on any atom is 0.109 e. The maximum absolute atomic E-state index is 10.9. The van der Waals surface area contributed by atoms with Gasteiger partial charge in [0.2, 0.25) is 0 Å². The van der Waals surface area contributed by atoms with Crippen LogP contribution >= 0.6 is 0 Å². The third-order valence-corrected chi connectivity index (χ3v) is 4.96. The summed E-state index contributed by atoms with van der Waals surface area (Å²) in [6.07, 6.45) is 5.07. The van der Waals surface area contributed by atoms with Crippen molar-refractivity contribution >= 4 is 5.52 Å². The van der Waals surface area contributed by atoms with Gasteiger partial charge in [0.15, 0.2) is 0 Å². The van der Waals surface area contributed by atoms with Gasteiger partial charge in [-0.3, -0.25) is 9.88 Å². The molecular weight excluding hydrogens is 300 g/mol. The summed E-state index contributed by atoms with van der Waals surface area (Å²) in [4.78, 5) is 6.81. The van der Waals surface area contributed by atoms with Crippen molar-refractivity contribution in [1.29, 1.82) is 0 Å². The van der Waals surface area contributed by atoms with Gasteiger partial charge in [-0.2, -0.15) is 5.10 Å². The SMILES string of the molecule is Cc1ccc(C2(O)CCN(Cc3cccc4ccnn34)CC2)nc1. The van der Waals surface area contributed by atoms with Gasteiger partial charge in [0.25, 0.3) is 0 Å². The number of hydrogen-bond acceptors (Lipinski definition) is 4. The van der Waals surface area contributed by atoms with Gasteiger partial charge in [-0.25, -0.2) is 4.52 Å². The predicted molar refractivity (Wildman–Crippen MR) is 92.6 cm³/mol. The lowest BCUT2D eigenvalue weighted by molar-refractivity contribution is -0.0314. The summed E-state index contributed by atoms with van der Waals surface area (Å²) in [5.74, 6) is 0. The smallest absolute Gasteiger partial charge is 0.109 e. The third-order valence-electron chi connectivity index (χ3n) is 4.96. The lowest BCUT2D eigenvalue weighted by atomic mass is 9.87. The molecule has 1 fully saturated rings. The van der Waals surface area contributed by atoms with E-state index in [1.54, 1.807) is 0 Å². The van der Waals surface area contributed by atoms with E-state index in [1.807, 2.05) is 42.0 Å². The highest BCUT2D eigenvalue weighted by atomic mass is 16.3. The monoisotopic (exact) mass is 322 g/mol. The highest BCUT2D eigenvalue weighted by Gasteiger charge is 2.35. The Kier molecular flexibility index (Phi) is 3.82. The fourth-order valence-electron chi connectivity index (χ4n) is 3.44. The zero-order chi connectivity index (χ0) is 16.6. The van der Waals surface area contributed by atoms with E-state index in [2.05, 4.69) is 33.2 Å². The largest absolute Gasteiger partial charge is 0.383 e. The van der Waals surface area contributed by atoms with Crippen molar-refractivity contribution in [2.45, 2.75) is 31.9 Å². The van der Waals surface area contributed by atoms with Crippen LogP contribution in [0.2, 0.25) is 0 Å². The summed E-state index contributed by atoms with van der Waals surface area (Å²) < 4.78 is 1.99. The van der Waals surface area contributed by atoms with E-state index in [1.165, 1.54) is 5.69 Å². The molecule has 0 aromatic carbocycles. The minimum Gasteiger partial charge on any atom is -0.383 e. The molecular formula is C19H22N4O. The second kappa shape index (κ2) is 6.00. The first-order valence-corrected chi connectivity index (χ1v) is 8.44. The molecule has 0 amide bonds. The van der Waals surface area contributed by atoms with Crippen LogP contribution in [0.25, 0.3) is 5.52 Å². The number of rotatable bonds is 3. The van der Waals surface area contributed by atoms with Crippen LogP contribution in [0.3, 0.4) is 0 Å². The van der Waals surface area contributed by atoms with Crippen LogP contribution in [0.1, 0.15) is 29.8 Å². The average Bonchev–Trinajstić information content (AvgIpc) is 3.07. The molecule has 5 nitrogen and oxygen atoms in total. The zero-order valence-electron chi connectivity index (χ0n) is 13.9. The Bertz CT molecular complexity index is 832. The van der Waals surface area contributed by atoms with Gasteiger partial charge in [-0.1, -0.05) is 12.1 Å². The Morgan fingerprint density at radius 2 is 1.96 bits per heavy atom. The summed E-state index contributed by atoms with van der Waals surface area (Å²) in [6.45, 7) is 4.56. The summed E-state index contributed by atoms with van der Waals surface area (Å²) in [7, 11) is 0. The van der Waals surface area contributed by atoms with Gasteiger partial charge in [0.05, 0.1) is 16.9 Å². The first-order valence-electron chi connectivity index (χ1n) is 8.44. The molecule has 24 heavy (non-hydrogen) atoms. The Morgan fingerprint density at radius 3 is 2.71 bits per heavy atom. The Morgan fingerprint density at radius 1 is 1.12 bits per heavy atom. The molecule has 0 saturated carbocycles. The van der Waals surface area contributed by atoms with Crippen molar-refractivity contribution < 1.29 is 5.11 Å². The fourth-order valence-corrected chi connectivity index (χ4v) is 3.44. The molecule has 5 heteroatoms. The molecule has 3 aromatic rings. The number of pyridine rings is 2. The third kappa shape index (κ3) is 2.81. The quantitative estimate of drug-likeness (QED) is 0.805. The van der Waals surface area contributed by atoms with E-state index < -0.39 is 5.60 Å². The van der Waals surface area contributed by atoms with Crippen molar-refractivity contribution in [2.24, 2.45) is 0 Å². The number of nitrogens with zero attached hydrogens (tertiary/aromatic N) is 4. The molecule has 0 radical (unpaired) electrons. The first kappa shape index (κ1) is 15.3. The Hall–Kier alpha value is -2.24. The topological polar surface area (TPSA) is 53.7 Å². The van der Waals surface area contributed by atoms with Crippen molar-refractivity contribution in [3.63, 3.8) is 0 Å². The highest BCUT2D eigenvalue weighted by molar-refractivity contribution is 5.46. The standard InChI is InChI=1S/C19H22N4O/c1-15-5-6-18(20-13-15)19(24)8-11-22(12-9-19)14-17-4-2-3-16-7-10-21-23(16)17/h2-7,10,13,24H,8-9,11-12,14H2,1H3. The average molecular weight is 322 g/mol. The van der Waals surface area contributed by atoms with Crippen LogP contribution in [0, 0.1) is 6.92 Å². The minimum absolute atomic E-state index is 0.706. The van der Waals surface area contributed by atoms with Crippen LogP contribution in [-0.4, -0.2) is 37.7 Å². The van der Waals surface area contributed by atoms with Crippen LogP contribution in [0.15, 0.2) is 48.8 Å². The number of likely N-dealkylation sites (tertiary alicyclic amines) is 1. The van der Waals surface area contributed by atoms with E-state index >= 15 is 0 Å². The molecule has 1 N–H and O–H groups in total. The molecule has 0 aliphatic carbocycles. The van der Waals surface area contributed by atoms with Crippen molar-refractivity contribution in [2.75, 3.05) is 13.1 Å². The highest BCUT2D eigenvalue weighted by Crippen LogP contribution is 2.32. The fraction of sp³-hybridized carbons (Fsp3) is 0.368. The number of aliphatic hydroxyl groups is 1. The summed E-state index contributed by atoms with van der Waals surface area (Å²) >= 11 is 0. The molecule has 0 spiro atoms. The molecule has 1 aliphatic heterocycles. The lowest BCUT2D eigenvalue weighted by Gasteiger charge is -2.37. The Balaban J connectivity index is 1.46. The van der Waals surface area contributed by atoms with Gasteiger partial charge in [-0.15, -0.1) is 0 Å². The molecule has 1 saturated heterocycles. The van der Waals surface area contributed by atoms with E-state index in [-0.39, 0.29) is 0 Å². The molecule has 4 heterocycles. The summed E-state index contributed by atoms with van der Waals surface area (Å²) in [6, 6.07) is 12.2. The predicted octanol–water partition coefficient (Wildman–Crippen LogP) is 2.52. The normalized spacial score (nSPS) is 18.1. The van der Waals surface area contributed by atoms with Gasteiger partial charge in [-0.05, 0) is 49.6 Å². The molecule has 1 aliphatic rings. The van der Waals surface area contributed by atoms with Gasteiger partial charge >= 0.3 is 0 Å². The molecule has 4 rings (SSSR count). The van der Waals surface area contributed by atoms with Crippen LogP contribution in [0.4, 0.5) is 0 Å². The van der Waals surface area contributed by atoms with Crippen molar-refractivity contribution in [3.8, 4) is 0 Å². The second-order valence-electron chi connectivity index (χ2n) is 6.71. The number of fused-ring (bicyclic) bond motifs is 1. The number of aromatic nitrogens is 3.